The molecule has 2 aromatic rings. The van der Waals surface area contributed by atoms with E-state index in [4.69, 9.17) is 4.74 Å². The van der Waals surface area contributed by atoms with Crippen LogP contribution in [0.25, 0.3) is 0 Å². The largest absolute Gasteiger partial charge is 0.467 e. The molecule has 0 heterocycles. The van der Waals surface area contributed by atoms with Crippen molar-refractivity contribution in [1.29, 1.82) is 0 Å². The zero-order valence-corrected chi connectivity index (χ0v) is 11.4. The van der Waals surface area contributed by atoms with Gasteiger partial charge in [0, 0.05) is 11.3 Å². The van der Waals surface area contributed by atoms with Gasteiger partial charge in [0.25, 0.3) is 0 Å². The lowest BCUT2D eigenvalue weighted by Crippen LogP contribution is -2.23. The first-order valence-corrected chi connectivity index (χ1v) is 6.27. The molecule has 2 rings (SSSR count). The maximum Gasteiger partial charge on any atom is 0.333 e. The summed E-state index contributed by atoms with van der Waals surface area (Å²) in [6.45, 7) is 1.85. The number of carbonyl (C=O) groups is 1. The number of benzene rings is 2. The van der Waals surface area contributed by atoms with Crippen LogP contribution < -0.4 is 5.32 Å². The lowest BCUT2D eigenvalue weighted by molar-refractivity contribution is -0.141. The zero-order valence-electron chi connectivity index (χ0n) is 11.4. The van der Waals surface area contributed by atoms with Crippen molar-refractivity contribution in [2.24, 2.45) is 0 Å². The van der Waals surface area contributed by atoms with Crippen LogP contribution in [0.15, 0.2) is 48.5 Å². The molecule has 0 amide bonds. The van der Waals surface area contributed by atoms with Crippen LogP contribution in [0.2, 0.25) is 0 Å². The van der Waals surface area contributed by atoms with Gasteiger partial charge in [0.1, 0.15) is 5.82 Å². The molecule has 0 fully saturated rings. The van der Waals surface area contributed by atoms with Gasteiger partial charge < -0.3 is 10.1 Å². The van der Waals surface area contributed by atoms with Crippen molar-refractivity contribution >= 4 is 11.7 Å². The minimum Gasteiger partial charge on any atom is -0.467 e. The highest BCUT2D eigenvalue weighted by Crippen LogP contribution is 2.24. The van der Waals surface area contributed by atoms with E-state index in [9.17, 15) is 9.18 Å². The zero-order chi connectivity index (χ0) is 14.5. The first-order valence-electron chi connectivity index (χ1n) is 6.27. The van der Waals surface area contributed by atoms with Crippen LogP contribution in [0, 0.1) is 12.7 Å². The first-order chi connectivity index (χ1) is 9.61. The molecule has 2 aromatic carbocycles. The Morgan fingerprint density at radius 3 is 2.55 bits per heavy atom. The number of hydrogen-bond donors (Lipinski definition) is 1. The number of halogens is 1. The number of ether oxygens (including phenoxy) is 1. The fourth-order valence-corrected chi connectivity index (χ4v) is 1.97. The molecule has 104 valence electrons. The van der Waals surface area contributed by atoms with E-state index in [-0.39, 0.29) is 5.56 Å². The third kappa shape index (κ3) is 3.15. The molecule has 0 aliphatic rings. The van der Waals surface area contributed by atoms with Gasteiger partial charge in [0.05, 0.1) is 7.11 Å². The highest BCUT2D eigenvalue weighted by Gasteiger charge is 2.24. The number of rotatable bonds is 4. The molecule has 20 heavy (non-hydrogen) atoms. The average molecular weight is 273 g/mol. The quantitative estimate of drug-likeness (QED) is 0.867. The molecule has 0 aliphatic heterocycles. The summed E-state index contributed by atoms with van der Waals surface area (Å²) in [5.41, 5.74) is 1.88. The van der Waals surface area contributed by atoms with Gasteiger partial charge in [0.2, 0.25) is 0 Å². The number of hydrogen-bond acceptors (Lipinski definition) is 3. The number of carbonyl (C=O) groups excluding carboxylic acids is 1. The average Bonchev–Trinajstić information content (AvgIpc) is 2.48. The SMILES string of the molecule is COC(=O)C(Nc1ccccc1)c1cc(C)ccc1F. The smallest absolute Gasteiger partial charge is 0.333 e. The van der Waals surface area contributed by atoms with Crippen molar-refractivity contribution in [1.82, 2.24) is 0 Å². The minimum absolute atomic E-state index is 0.278. The van der Waals surface area contributed by atoms with E-state index in [2.05, 4.69) is 5.32 Å². The number of methoxy groups -OCH3 is 1. The van der Waals surface area contributed by atoms with Crippen molar-refractivity contribution < 1.29 is 13.9 Å². The molecule has 0 radical (unpaired) electrons. The number of para-hydroxylation sites is 1. The maximum atomic E-state index is 14.0. The molecule has 1 N–H and O–H groups in total. The predicted molar refractivity (Wildman–Crippen MR) is 76.0 cm³/mol. The fraction of sp³-hybridized carbons (Fsp3) is 0.188. The normalized spacial score (nSPS) is 11.8. The summed E-state index contributed by atoms with van der Waals surface area (Å²) < 4.78 is 18.7. The third-order valence-electron chi connectivity index (χ3n) is 2.98. The van der Waals surface area contributed by atoms with Gasteiger partial charge in [-0.2, -0.15) is 0 Å². The van der Waals surface area contributed by atoms with Crippen LogP contribution in [-0.4, -0.2) is 13.1 Å². The number of esters is 1. The maximum absolute atomic E-state index is 14.0. The Labute approximate surface area is 117 Å². The summed E-state index contributed by atoms with van der Waals surface area (Å²) >= 11 is 0. The van der Waals surface area contributed by atoms with E-state index in [0.717, 1.165) is 11.3 Å². The Kier molecular flexibility index (Phi) is 4.35. The van der Waals surface area contributed by atoms with Gasteiger partial charge in [-0.1, -0.05) is 35.9 Å². The number of nitrogens with one attached hydrogen (secondary N) is 1. The standard InChI is InChI=1S/C16H16FNO2/c1-11-8-9-14(17)13(10-11)15(16(19)20-2)18-12-6-4-3-5-7-12/h3-10,15,18H,1-2H3. The van der Waals surface area contributed by atoms with Gasteiger partial charge in [0.15, 0.2) is 6.04 Å². The van der Waals surface area contributed by atoms with Gasteiger partial charge in [-0.05, 0) is 25.1 Å². The topological polar surface area (TPSA) is 38.3 Å². The minimum atomic E-state index is -0.873. The molecule has 0 spiro atoms. The highest BCUT2D eigenvalue weighted by atomic mass is 19.1. The van der Waals surface area contributed by atoms with E-state index >= 15 is 0 Å². The molecule has 0 saturated carbocycles. The summed E-state index contributed by atoms with van der Waals surface area (Å²) in [5, 5.41) is 3.00. The monoisotopic (exact) mass is 273 g/mol. The van der Waals surface area contributed by atoms with Crippen LogP contribution in [-0.2, 0) is 9.53 Å². The Morgan fingerprint density at radius 2 is 1.90 bits per heavy atom. The Hall–Kier alpha value is -2.36. The van der Waals surface area contributed by atoms with E-state index in [1.54, 1.807) is 12.1 Å². The summed E-state index contributed by atoms with van der Waals surface area (Å²) in [6.07, 6.45) is 0. The Bertz CT molecular complexity index is 599. The van der Waals surface area contributed by atoms with Crippen molar-refractivity contribution in [3.8, 4) is 0 Å². The first kappa shape index (κ1) is 14.1. The van der Waals surface area contributed by atoms with Gasteiger partial charge in [-0.15, -0.1) is 0 Å². The summed E-state index contributed by atoms with van der Waals surface area (Å²) in [7, 11) is 1.29. The second-order valence-corrected chi connectivity index (χ2v) is 4.49. The number of aryl methyl sites for hydroxylation is 1. The molecule has 0 aliphatic carbocycles. The van der Waals surface area contributed by atoms with Crippen LogP contribution in [0.4, 0.5) is 10.1 Å². The molecular weight excluding hydrogens is 257 g/mol. The van der Waals surface area contributed by atoms with E-state index in [1.807, 2.05) is 37.3 Å². The molecule has 0 aromatic heterocycles. The highest BCUT2D eigenvalue weighted by molar-refractivity contribution is 5.81. The fourth-order valence-electron chi connectivity index (χ4n) is 1.97. The van der Waals surface area contributed by atoms with E-state index < -0.39 is 17.8 Å². The molecule has 1 unspecified atom stereocenters. The van der Waals surface area contributed by atoms with Crippen molar-refractivity contribution in [2.45, 2.75) is 13.0 Å². The van der Waals surface area contributed by atoms with Crippen LogP contribution in [0.5, 0.6) is 0 Å². The van der Waals surface area contributed by atoms with Crippen molar-refractivity contribution in [3.05, 3.63) is 65.5 Å². The predicted octanol–water partition coefficient (Wildman–Crippen LogP) is 3.46. The Balaban J connectivity index is 2.37. The van der Waals surface area contributed by atoms with E-state index in [1.165, 1.54) is 13.2 Å². The molecule has 3 nitrogen and oxygen atoms in total. The Morgan fingerprint density at radius 1 is 1.20 bits per heavy atom. The van der Waals surface area contributed by atoms with Crippen molar-refractivity contribution in [2.75, 3.05) is 12.4 Å². The number of anilines is 1. The molecule has 0 bridgehead atoms. The summed E-state index contributed by atoms with van der Waals surface area (Å²) in [6, 6.07) is 12.9. The summed E-state index contributed by atoms with van der Waals surface area (Å²) in [4.78, 5) is 11.9. The van der Waals surface area contributed by atoms with Crippen LogP contribution in [0.1, 0.15) is 17.2 Å². The second kappa shape index (κ2) is 6.19. The second-order valence-electron chi connectivity index (χ2n) is 4.49. The van der Waals surface area contributed by atoms with Crippen LogP contribution in [0.3, 0.4) is 0 Å². The van der Waals surface area contributed by atoms with Gasteiger partial charge in [-0.25, -0.2) is 9.18 Å². The third-order valence-corrected chi connectivity index (χ3v) is 2.98. The molecule has 4 heteroatoms. The lowest BCUT2D eigenvalue weighted by atomic mass is 10.0. The van der Waals surface area contributed by atoms with Crippen LogP contribution >= 0.6 is 0 Å². The van der Waals surface area contributed by atoms with E-state index in [0.29, 0.717) is 0 Å². The van der Waals surface area contributed by atoms with Gasteiger partial charge in [-0.3, -0.25) is 0 Å². The molecular formula is C16H16FNO2. The van der Waals surface area contributed by atoms with Crippen molar-refractivity contribution in [3.63, 3.8) is 0 Å². The lowest BCUT2D eigenvalue weighted by Gasteiger charge is -2.19. The van der Waals surface area contributed by atoms with Gasteiger partial charge >= 0.3 is 5.97 Å². The summed E-state index contributed by atoms with van der Waals surface area (Å²) in [5.74, 6) is -0.965. The molecule has 1 atom stereocenters. The molecule has 0 saturated heterocycles.